The van der Waals surface area contributed by atoms with E-state index in [4.69, 9.17) is 9.52 Å². The summed E-state index contributed by atoms with van der Waals surface area (Å²) >= 11 is 0. The van der Waals surface area contributed by atoms with Gasteiger partial charge < -0.3 is 14.2 Å². The summed E-state index contributed by atoms with van der Waals surface area (Å²) in [6.45, 7) is 0. The van der Waals surface area contributed by atoms with Gasteiger partial charge in [-0.05, 0) is 36.6 Å². The van der Waals surface area contributed by atoms with Crippen molar-refractivity contribution < 1.29 is 9.21 Å². The van der Waals surface area contributed by atoms with Gasteiger partial charge in [-0.3, -0.25) is 4.79 Å². The van der Waals surface area contributed by atoms with Crippen LogP contribution in [0.3, 0.4) is 0 Å². The number of carbonyl (C=O) groups excluding carboxylic acids is 1. The van der Waals surface area contributed by atoms with Gasteiger partial charge in [0.05, 0.1) is 11.2 Å². The van der Waals surface area contributed by atoms with E-state index in [0.29, 0.717) is 11.4 Å². The molecular weight excluding hydrogens is 406 g/mol. The van der Waals surface area contributed by atoms with E-state index in [2.05, 4.69) is 39.4 Å². The minimum atomic E-state index is -0.288. The van der Waals surface area contributed by atoms with Crippen LogP contribution < -0.4 is 4.90 Å². The number of nitrogens with zero attached hydrogens (tertiary/aromatic N) is 7. The van der Waals surface area contributed by atoms with Crippen LogP contribution in [0, 0.1) is 0 Å². The van der Waals surface area contributed by atoms with Crippen LogP contribution in [0.2, 0.25) is 0 Å². The molecule has 9 heteroatoms. The number of aromatic nitrogens is 5. The number of rotatable bonds is 3. The molecule has 9 nitrogen and oxygen atoms in total. The lowest BCUT2D eigenvalue weighted by atomic mass is 9.97. The zero-order valence-corrected chi connectivity index (χ0v) is 18.0. The Morgan fingerprint density at radius 2 is 1.91 bits per heavy atom. The van der Waals surface area contributed by atoms with Gasteiger partial charge in [-0.15, -0.1) is 10.2 Å². The molecule has 4 aromatic rings. The molecule has 32 heavy (non-hydrogen) atoms. The number of amides is 1. The summed E-state index contributed by atoms with van der Waals surface area (Å²) in [5, 5.41) is 12.4. The summed E-state index contributed by atoms with van der Waals surface area (Å²) in [5.74, 6) is 1.10. The molecule has 0 N–H and O–H groups in total. The number of fused-ring (bicyclic) bond motifs is 4. The molecule has 1 fully saturated rings. The maximum Gasteiger partial charge on any atom is 0.273 e. The van der Waals surface area contributed by atoms with Gasteiger partial charge in [0.15, 0.2) is 5.69 Å². The highest BCUT2D eigenvalue weighted by Crippen LogP contribution is 2.54. The predicted octanol–water partition coefficient (Wildman–Crippen LogP) is 3.13. The quantitative estimate of drug-likeness (QED) is 0.496. The first-order valence-electron chi connectivity index (χ1n) is 10.4. The summed E-state index contributed by atoms with van der Waals surface area (Å²) in [6.07, 6.45) is 4.99. The van der Waals surface area contributed by atoms with Gasteiger partial charge in [0, 0.05) is 44.5 Å². The highest BCUT2D eigenvalue weighted by Gasteiger charge is 2.53. The Hall–Kier alpha value is -4.01. The second kappa shape index (κ2) is 6.49. The summed E-state index contributed by atoms with van der Waals surface area (Å²) in [5.41, 5.74) is 4.64. The van der Waals surface area contributed by atoms with Crippen molar-refractivity contribution in [3.05, 3.63) is 60.2 Å². The van der Waals surface area contributed by atoms with Gasteiger partial charge >= 0.3 is 0 Å². The molecule has 6 rings (SSSR count). The van der Waals surface area contributed by atoms with E-state index < -0.39 is 0 Å². The van der Waals surface area contributed by atoms with Crippen molar-refractivity contribution in [1.29, 1.82) is 0 Å². The molecule has 0 atom stereocenters. The molecule has 160 valence electrons. The predicted molar refractivity (Wildman–Crippen MR) is 117 cm³/mol. The molecule has 3 aromatic heterocycles. The van der Waals surface area contributed by atoms with Crippen molar-refractivity contribution in [2.75, 3.05) is 26.0 Å². The van der Waals surface area contributed by atoms with Crippen LogP contribution in [0.15, 0.2) is 53.4 Å². The van der Waals surface area contributed by atoms with Gasteiger partial charge in [0.2, 0.25) is 6.39 Å². The normalized spacial score (nSPS) is 16.0. The number of pyridine rings is 1. The van der Waals surface area contributed by atoms with Crippen LogP contribution in [0.1, 0.15) is 28.9 Å². The summed E-state index contributed by atoms with van der Waals surface area (Å²) in [6, 6.07) is 12.1. The van der Waals surface area contributed by atoms with Crippen LogP contribution >= 0.6 is 0 Å². The molecule has 0 bridgehead atoms. The second-order valence-corrected chi connectivity index (χ2v) is 8.50. The smallest absolute Gasteiger partial charge is 0.273 e. The highest BCUT2D eigenvalue weighted by atomic mass is 16.4. The Bertz CT molecular complexity index is 1340. The standard InChI is InChI=1S/C23H21N7O2/c1-28(2)20-7-5-15(12-24-20)14-4-6-16-18(10-14)30-19(22(31)29(3)23(16)8-9-23)11-17(27-30)21-26-25-13-32-21/h4-7,10-13H,8-9H2,1-3H3. The van der Waals surface area contributed by atoms with Gasteiger partial charge in [-0.2, -0.15) is 5.10 Å². The Morgan fingerprint density at radius 1 is 1.09 bits per heavy atom. The molecule has 1 saturated carbocycles. The third-order valence-corrected chi connectivity index (χ3v) is 6.44. The Kier molecular flexibility index (Phi) is 3.80. The van der Waals surface area contributed by atoms with E-state index in [-0.39, 0.29) is 17.3 Å². The molecule has 1 aliphatic heterocycles. The first-order chi connectivity index (χ1) is 15.5. The Morgan fingerprint density at radius 3 is 2.56 bits per heavy atom. The lowest BCUT2D eigenvalue weighted by Gasteiger charge is -2.27. The Labute approximate surface area is 184 Å². The fraction of sp³-hybridized carbons (Fsp3) is 0.261. The zero-order chi connectivity index (χ0) is 22.0. The van der Waals surface area contributed by atoms with E-state index in [1.165, 1.54) is 6.39 Å². The molecule has 1 amide bonds. The fourth-order valence-electron chi connectivity index (χ4n) is 4.48. The number of hydrogen-bond acceptors (Lipinski definition) is 7. The van der Waals surface area contributed by atoms with Crippen molar-refractivity contribution in [2.24, 2.45) is 0 Å². The minimum Gasteiger partial charge on any atom is -0.422 e. The molecule has 4 heterocycles. The number of carbonyl (C=O) groups is 1. The first-order valence-corrected chi connectivity index (χ1v) is 10.4. The summed E-state index contributed by atoms with van der Waals surface area (Å²) in [4.78, 5) is 21.7. The number of benzene rings is 1. The largest absolute Gasteiger partial charge is 0.422 e. The molecule has 0 radical (unpaired) electrons. The van der Waals surface area contributed by atoms with E-state index in [9.17, 15) is 4.79 Å². The van der Waals surface area contributed by atoms with Gasteiger partial charge in [-0.25, -0.2) is 9.67 Å². The fourth-order valence-corrected chi connectivity index (χ4v) is 4.48. The maximum atomic E-state index is 13.4. The monoisotopic (exact) mass is 427 g/mol. The molecule has 1 aromatic carbocycles. The first kappa shape index (κ1) is 18.7. The average molecular weight is 427 g/mol. The lowest BCUT2D eigenvalue weighted by molar-refractivity contribution is 0.0704. The van der Waals surface area contributed by atoms with E-state index in [1.807, 2.05) is 43.2 Å². The summed E-state index contributed by atoms with van der Waals surface area (Å²) < 4.78 is 7.03. The lowest BCUT2D eigenvalue weighted by Crippen LogP contribution is -2.36. The van der Waals surface area contributed by atoms with Crippen LogP contribution in [0.5, 0.6) is 0 Å². The zero-order valence-electron chi connectivity index (χ0n) is 18.0. The van der Waals surface area contributed by atoms with Crippen LogP contribution in [0.4, 0.5) is 5.82 Å². The molecule has 1 aliphatic carbocycles. The molecule has 0 saturated heterocycles. The van der Waals surface area contributed by atoms with Gasteiger partial charge in [0.1, 0.15) is 11.5 Å². The topological polar surface area (TPSA) is 93.2 Å². The second-order valence-electron chi connectivity index (χ2n) is 8.50. The van der Waals surface area contributed by atoms with Crippen molar-refractivity contribution in [3.8, 4) is 28.4 Å². The maximum absolute atomic E-state index is 13.4. The molecule has 0 unspecified atom stereocenters. The molecule has 2 aliphatic rings. The molecular formula is C23H21N7O2. The van der Waals surface area contributed by atoms with Crippen molar-refractivity contribution >= 4 is 11.7 Å². The van der Waals surface area contributed by atoms with Crippen LogP contribution in [0.25, 0.3) is 28.4 Å². The van der Waals surface area contributed by atoms with Crippen LogP contribution in [-0.2, 0) is 5.54 Å². The third-order valence-electron chi connectivity index (χ3n) is 6.44. The highest BCUT2D eigenvalue weighted by molar-refractivity contribution is 5.96. The van der Waals surface area contributed by atoms with Crippen LogP contribution in [-0.4, -0.2) is 56.9 Å². The van der Waals surface area contributed by atoms with Crippen molar-refractivity contribution in [2.45, 2.75) is 18.4 Å². The van der Waals surface area contributed by atoms with E-state index in [1.54, 1.807) is 10.7 Å². The minimum absolute atomic E-state index is 0.0736. The SMILES string of the molecule is CN(C)c1ccc(-c2ccc3c(c2)-n2nc(-c4nnco4)cc2C(=O)N(C)C32CC2)cn1. The summed E-state index contributed by atoms with van der Waals surface area (Å²) in [7, 11) is 5.80. The number of anilines is 1. The van der Waals surface area contributed by atoms with E-state index >= 15 is 0 Å². The van der Waals surface area contributed by atoms with Crippen molar-refractivity contribution in [1.82, 2.24) is 29.9 Å². The van der Waals surface area contributed by atoms with Gasteiger partial charge in [0.25, 0.3) is 11.8 Å². The molecule has 1 spiro atoms. The van der Waals surface area contributed by atoms with Crippen molar-refractivity contribution in [3.63, 3.8) is 0 Å². The van der Waals surface area contributed by atoms with Gasteiger partial charge in [-0.1, -0.05) is 12.1 Å². The third kappa shape index (κ3) is 2.60. The van der Waals surface area contributed by atoms with E-state index in [0.717, 1.165) is 41.0 Å². The average Bonchev–Trinajstić information content (AvgIpc) is 3.23. The Balaban J connectivity index is 1.54. The number of hydrogen-bond donors (Lipinski definition) is 0.